The lowest BCUT2D eigenvalue weighted by atomic mass is 9.82. The van der Waals surface area contributed by atoms with Crippen LogP contribution in [0, 0.1) is 19.8 Å². The highest BCUT2D eigenvalue weighted by atomic mass is 32.2. The molecule has 0 radical (unpaired) electrons. The number of aliphatic carboxylic acids is 1. The quantitative estimate of drug-likeness (QED) is 0.431. The molecule has 0 fully saturated rings. The SMILES string of the molecule is CSc1ccc(C(=O)[C@@H](C)[C@H](C)c2cc(C)c(OC(C)(C)C(=O)O)c(C)c2)cc1. The summed E-state index contributed by atoms with van der Waals surface area (Å²) in [7, 11) is 0. The third kappa shape index (κ3) is 5.21. The summed E-state index contributed by atoms with van der Waals surface area (Å²) < 4.78 is 5.79. The molecule has 29 heavy (non-hydrogen) atoms. The monoisotopic (exact) mass is 414 g/mol. The van der Waals surface area contributed by atoms with Gasteiger partial charge in [0.1, 0.15) is 5.75 Å². The summed E-state index contributed by atoms with van der Waals surface area (Å²) in [5.74, 6) is -0.481. The van der Waals surface area contributed by atoms with Crippen molar-refractivity contribution in [2.45, 2.75) is 58.0 Å². The van der Waals surface area contributed by atoms with Crippen molar-refractivity contribution < 1.29 is 19.4 Å². The number of Topliss-reactive ketones (excluding diaryl/α,β-unsaturated/α-hetero) is 1. The highest BCUT2D eigenvalue weighted by Crippen LogP contribution is 2.34. The fraction of sp³-hybridized carbons (Fsp3) is 0.417. The van der Waals surface area contributed by atoms with Gasteiger partial charge in [-0.2, -0.15) is 0 Å². The van der Waals surface area contributed by atoms with E-state index in [9.17, 15) is 14.7 Å². The van der Waals surface area contributed by atoms with Gasteiger partial charge in [-0.3, -0.25) is 4.79 Å². The van der Waals surface area contributed by atoms with Gasteiger partial charge in [0, 0.05) is 16.4 Å². The number of hydrogen-bond donors (Lipinski definition) is 1. The van der Waals surface area contributed by atoms with E-state index in [1.807, 2.05) is 63.4 Å². The molecule has 0 saturated heterocycles. The Labute approximate surface area is 177 Å². The van der Waals surface area contributed by atoms with Crippen LogP contribution in [0.4, 0.5) is 0 Å². The Bertz CT molecular complexity index is 877. The van der Waals surface area contributed by atoms with Gasteiger partial charge in [0.25, 0.3) is 0 Å². The molecule has 156 valence electrons. The zero-order chi connectivity index (χ0) is 21.9. The fourth-order valence-corrected chi connectivity index (χ4v) is 3.65. The van der Waals surface area contributed by atoms with E-state index >= 15 is 0 Å². The summed E-state index contributed by atoms with van der Waals surface area (Å²) in [4.78, 5) is 25.5. The van der Waals surface area contributed by atoms with Crippen LogP contribution in [0.25, 0.3) is 0 Å². The predicted molar refractivity (Wildman–Crippen MR) is 118 cm³/mol. The first-order valence-electron chi connectivity index (χ1n) is 9.69. The largest absolute Gasteiger partial charge is 0.478 e. The number of carbonyl (C=O) groups excluding carboxylic acids is 1. The summed E-state index contributed by atoms with van der Waals surface area (Å²) in [6, 6.07) is 11.7. The summed E-state index contributed by atoms with van der Waals surface area (Å²) >= 11 is 1.65. The number of ketones is 1. The smallest absolute Gasteiger partial charge is 0.347 e. The van der Waals surface area contributed by atoms with Crippen molar-refractivity contribution in [3.63, 3.8) is 0 Å². The second-order valence-electron chi connectivity index (χ2n) is 8.07. The average Bonchev–Trinajstić information content (AvgIpc) is 2.68. The number of rotatable bonds is 8. The van der Waals surface area contributed by atoms with Crippen molar-refractivity contribution in [2.75, 3.05) is 6.26 Å². The van der Waals surface area contributed by atoms with Crippen LogP contribution in [0.1, 0.15) is 60.7 Å². The molecule has 0 saturated carbocycles. The molecule has 0 aromatic heterocycles. The van der Waals surface area contributed by atoms with Crippen LogP contribution >= 0.6 is 11.8 Å². The first kappa shape index (κ1) is 23.0. The molecule has 2 aromatic carbocycles. The fourth-order valence-electron chi connectivity index (χ4n) is 3.24. The number of benzene rings is 2. The number of hydrogen-bond acceptors (Lipinski definition) is 4. The van der Waals surface area contributed by atoms with Crippen molar-refractivity contribution in [2.24, 2.45) is 5.92 Å². The van der Waals surface area contributed by atoms with Gasteiger partial charge in [-0.1, -0.05) is 38.1 Å². The molecule has 5 heteroatoms. The molecule has 2 rings (SSSR count). The van der Waals surface area contributed by atoms with Crippen LogP contribution in [0.15, 0.2) is 41.3 Å². The van der Waals surface area contributed by atoms with Crippen molar-refractivity contribution in [1.29, 1.82) is 0 Å². The first-order chi connectivity index (χ1) is 13.5. The van der Waals surface area contributed by atoms with Gasteiger partial charge in [0.05, 0.1) is 0 Å². The van der Waals surface area contributed by atoms with Gasteiger partial charge in [0.2, 0.25) is 0 Å². The van der Waals surface area contributed by atoms with E-state index in [1.54, 1.807) is 11.8 Å². The molecule has 2 aromatic rings. The highest BCUT2D eigenvalue weighted by Gasteiger charge is 2.31. The van der Waals surface area contributed by atoms with Crippen molar-refractivity contribution in [3.05, 3.63) is 58.7 Å². The van der Waals surface area contributed by atoms with Crippen molar-refractivity contribution in [1.82, 2.24) is 0 Å². The summed E-state index contributed by atoms with van der Waals surface area (Å²) in [6.07, 6.45) is 2.01. The van der Waals surface area contributed by atoms with Gasteiger partial charge < -0.3 is 9.84 Å². The molecule has 4 nitrogen and oxygen atoms in total. The minimum absolute atomic E-state index is 0.0154. The maximum absolute atomic E-state index is 13.0. The van der Waals surface area contributed by atoms with Crippen molar-refractivity contribution >= 4 is 23.5 Å². The van der Waals surface area contributed by atoms with Gasteiger partial charge in [-0.25, -0.2) is 4.79 Å². The number of thioether (sulfide) groups is 1. The molecule has 0 amide bonds. The topological polar surface area (TPSA) is 63.6 Å². The number of carbonyl (C=O) groups is 2. The standard InChI is InChI=1S/C24H30O4S/c1-14-12-19(13-15(2)22(14)28-24(5,6)23(26)27)16(3)17(4)21(25)18-8-10-20(29-7)11-9-18/h8-13,16-17H,1-7H3,(H,26,27)/t16-,17-/m0/s1. The van der Waals surface area contributed by atoms with E-state index in [-0.39, 0.29) is 17.6 Å². The van der Waals surface area contributed by atoms with Crippen LogP contribution in [-0.4, -0.2) is 28.7 Å². The van der Waals surface area contributed by atoms with Gasteiger partial charge in [-0.15, -0.1) is 11.8 Å². The third-order valence-corrected chi connectivity index (χ3v) is 6.16. The average molecular weight is 415 g/mol. The molecule has 0 aliphatic rings. The van der Waals surface area contributed by atoms with Crippen LogP contribution < -0.4 is 4.74 Å². The Kier molecular flexibility index (Phi) is 7.17. The van der Waals surface area contributed by atoms with Crippen LogP contribution in [0.3, 0.4) is 0 Å². The highest BCUT2D eigenvalue weighted by molar-refractivity contribution is 7.98. The Balaban J connectivity index is 2.26. The van der Waals surface area contributed by atoms with E-state index in [2.05, 4.69) is 6.92 Å². The van der Waals surface area contributed by atoms with Crippen LogP contribution in [-0.2, 0) is 4.79 Å². The molecule has 0 aliphatic heterocycles. The number of aryl methyl sites for hydroxylation is 2. The van der Waals surface area contributed by atoms with Crippen LogP contribution in [0.5, 0.6) is 5.75 Å². The van der Waals surface area contributed by atoms with E-state index < -0.39 is 11.6 Å². The third-order valence-electron chi connectivity index (χ3n) is 5.42. The maximum Gasteiger partial charge on any atom is 0.347 e. The van der Waals surface area contributed by atoms with E-state index in [4.69, 9.17) is 4.74 Å². The Morgan fingerprint density at radius 3 is 2.00 bits per heavy atom. The Hall–Kier alpha value is -2.27. The lowest BCUT2D eigenvalue weighted by molar-refractivity contribution is -0.152. The first-order valence-corrected chi connectivity index (χ1v) is 10.9. The van der Waals surface area contributed by atoms with Gasteiger partial charge in [0.15, 0.2) is 11.4 Å². The minimum atomic E-state index is -1.31. The number of carboxylic acids is 1. The Morgan fingerprint density at radius 1 is 1.03 bits per heavy atom. The summed E-state index contributed by atoms with van der Waals surface area (Å²) in [6.45, 7) is 10.9. The minimum Gasteiger partial charge on any atom is -0.478 e. The van der Waals surface area contributed by atoms with Gasteiger partial charge >= 0.3 is 5.97 Å². The predicted octanol–water partition coefficient (Wildman–Crippen LogP) is 5.89. The molecule has 2 atom stereocenters. The summed E-state index contributed by atoms with van der Waals surface area (Å²) in [5.41, 5.74) is 2.19. The molecule has 0 bridgehead atoms. The zero-order valence-electron chi connectivity index (χ0n) is 18.2. The molecule has 0 aliphatic carbocycles. The maximum atomic E-state index is 13.0. The Morgan fingerprint density at radius 2 is 1.55 bits per heavy atom. The number of ether oxygens (including phenoxy) is 1. The van der Waals surface area contributed by atoms with Gasteiger partial charge in [-0.05, 0) is 68.7 Å². The molecule has 0 spiro atoms. The molecular formula is C24H30O4S. The zero-order valence-corrected chi connectivity index (χ0v) is 19.0. The second-order valence-corrected chi connectivity index (χ2v) is 8.95. The molecule has 1 N–H and O–H groups in total. The lowest BCUT2D eigenvalue weighted by Gasteiger charge is -2.26. The molecule has 0 unspecified atom stereocenters. The van der Waals surface area contributed by atoms with Crippen molar-refractivity contribution in [3.8, 4) is 5.75 Å². The molecule has 0 heterocycles. The van der Waals surface area contributed by atoms with E-state index in [1.165, 1.54) is 13.8 Å². The van der Waals surface area contributed by atoms with Crippen LogP contribution in [0.2, 0.25) is 0 Å². The van der Waals surface area contributed by atoms with E-state index in [0.29, 0.717) is 5.75 Å². The molecular weight excluding hydrogens is 384 g/mol. The number of carboxylic acid groups (broad SMARTS) is 1. The lowest BCUT2D eigenvalue weighted by Crippen LogP contribution is -2.38. The normalized spacial score (nSPS) is 13.6. The second kappa shape index (κ2) is 9.04. The van der Waals surface area contributed by atoms with E-state index in [0.717, 1.165) is 27.1 Å². The summed E-state index contributed by atoms with van der Waals surface area (Å²) in [5, 5.41) is 9.34.